The molecule has 3 aromatic rings. The van der Waals surface area contributed by atoms with Crippen molar-refractivity contribution < 1.29 is 4.74 Å². The highest BCUT2D eigenvalue weighted by Crippen LogP contribution is 2.35. The number of thiophene rings is 1. The summed E-state index contributed by atoms with van der Waals surface area (Å²) in [4.78, 5) is 2.37. The molecule has 0 radical (unpaired) electrons. The van der Waals surface area contributed by atoms with Crippen LogP contribution in [0.2, 0.25) is 0 Å². The van der Waals surface area contributed by atoms with Gasteiger partial charge >= 0.3 is 0 Å². The van der Waals surface area contributed by atoms with Gasteiger partial charge in [0.25, 0.3) is 0 Å². The van der Waals surface area contributed by atoms with E-state index in [4.69, 9.17) is 9.84 Å². The lowest BCUT2D eigenvalue weighted by molar-refractivity contribution is -0.0784. The van der Waals surface area contributed by atoms with Gasteiger partial charge in [-0.3, -0.25) is 0 Å². The maximum absolute atomic E-state index is 6.21. The summed E-state index contributed by atoms with van der Waals surface area (Å²) in [6.45, 7) is 2.59. The molecule has 6 nitrogen and oxygen atoms in total. The molecule has 1 aliphatic heterocycles. The molecule has 25 heavy (non-hydrogen) atoms. The minimum atomic E-state index is 0.0243. The zero-order chi connectivity index (χ0) is 16.7. The first-order valence-corrected chi connectivity index (χ1v) is 9.91. The van der Waals surface area contributed by atoms with Gasteiger partial charge in [-0.05, 0) is 36.4 Å². The number of aromatic nitrogens is 4. The summed E-state index contributed by atoms with van der Waals surface area (Å²) in [5.74, 6) is 1.79. The third-order valence-electron chi connectivity index (χ3n) is 5.37. The highest BCUT2D eigenvalue weighted by molar-refractivity contribution is 7.08. The van der Waals surface area contributed by atoms with Crippen LogP contribution in [0.25, 0.3) is 17.0 Å². The van der Waals surface area contributed by atoms with Gasteiger partial charge in [-0.2, -0.15) is 15.9 Å². The third kappa shape index (κ3) is 2.71. The SMILES string of the molecule is c1cc(-c2nnc3ccc(N4CCOC5(CCCCC5)C4)nn23)cs1. The Kier molecular flexibility index (Phi) is 3.71. The van der Waals surface area contributed by atoms with Crippen LogP contribution in [-0.2, 0) is 4.74 Å². The molecule has 1 saturated carbocycles. The quantitative estimate of drug-likeness (QED) is 0.705. The number of nitrogens with zero attached hydrogens (tertiary/aromatic N) is 5. The Morgan fingerprint density at radius 2 is 2.00 bits per heavy atom. The van der Waals surface area contributed by atoms with E-state index in [1.807, 2.05) is 10.6 Å². The van der Waals surface area contributed by atoms with Gasteiger partial charge in [0.05, 0.1) is 12.2 Å². The van der Waals surface area contributed by atoms with Gasteiger partial charge in [-0.15, -0.1) is 15.3 Å². The highest BCUT2D eigenvalue weighted by atomic mass is 32.1. The fourth-order valence-corrected chi connectivity index (χ4v) is 4.69. The maximum Gasteiger partial charge on any atom is 0.186 e. The van der Waals surface area contributed by atoms with Gasteiger partial charge in [0.15, 0.2) is 11.5 Å². The first-order valence-electron chi connectivity index (χ1n) is 8.97. The van der Waals surface area contributed by atoms with E-state index in [0.29, 0.717) is 0 Å². The summed E-state index contributed by atoms with van der Waals surface area (Å²) < 4.78 is 8.08. The van der Waals surface area contributed by atoms with E-state index in [1.165, 1.54) is 32.1 Å². The first-order chi connectivity index (χ1) is 12.3. The van der Waals surface area contributed by atoms with Crippen molar-refractivity contribution >= 4 is 22.8 Å². The Morgan fingerprint density at radius 1 is 1.08 bits per heavy atom. The number of anilines is 1. The van der Waals surface area contributed by atoms with Crippen molar-refractivity contribution in [2.45, 2.75) is 37.7 Å². The van der Waals surface area contributed by atoms with E-state index in [2.05, 4.69) is 38.0 Å². The summed E-state index contributed by atoms with van der Waals surface area (Å²) in [5.41, 5.74) is 1.87. The van der Waals surface area contributed by atoms with Crippen molar-refractivity contribution in [1.29, 1.82) is 0 Å². The molecule has 0 aromatic carbocycles. The molecular formula is C18H21N5OS. The lowest BCUT2D eigenvalue weighted by atomic mass is 9.83. The van der Waals surface area contributed by atoms with Gasteiger partial charge in [0.2, 0.25) is 0 Å². The van der Waals surface area contributed by atoms with Crippen LogP contribution in [0, 0.1) is 0 Å². The van der Waals surface area contributed by atoms with Crippen molar-refractivity contribution in [3.05, 3.63) is 29.0 Å². The minimum Gasteiger partial charge on any atom is -0.371 e. The number of morpholine rings is 1. The van der Waals surface area contributed by atoms with Crippen LogP contribution in [0.4, 0.5) is 5.82 Å². The highest BCUT2D eigenvalue weighted by Gasteiger charge is 2.38. The average molecular weight is 355 g/mol. The molecule has 0 amide bonds. The summed E-state index contributed by atoms with van der Waals surface area (Å²) >= 11 is 1.66. The second kappa shape index (κ2) is 6.07. The molecule has 0 atom stereocenters. The zero-order valence-corrected chi connectivity index (χ0v) is 14.9. The molecule has 1 saturated heterocycles. The van der Waals surface area contributed by atoms with E-state index in [1.54, 1.807) is 11.3 Å². The lowest BCUT2D eigenvalue weighted by Crippen LogP contribution is -2.53. The van der Waals surface area contributed by atoms with E-state index < -0.39 is 0 Å². The van der Waals surface area contributed by atoms with Gasteiger partial charge in [-0.25, -0.2) is 0 Å². The zero-order valence-electron chi connectivity index (χ0n) is 14.1. The van der Waals surface area contributed by atoms with Crippen LogP contribution in [0.1, 0.15) is 32.1 Å². The molecule has 7 heteroatoms. The summed E-state index contributed by atoms with van der Waals surface area (Å²) in [5, 5.41) is 17.6. The fourth-order valence-electron chi connectivity index (χ4n) is 4.06. The van der Waals surface area contributed by atoms with Crippen LogP contribution in [0.15, 0.2) is 29.0 Å². The predicted octanol–water partition coefficient (Wildman–Crippen LogP) is 3.39. The first kappa shape index (κ1) is 15.3. The minimum absolute atomic E-state index is 0.0243. The van der Waals surface area contributed by atoms with Crippen molar-refractivity contribution in [3.63, 3.8) is 0 Å². The second-order valence-electron chi connectivity index (χ2n) is 7.01. The van der Waals surface area contributed by atoms with E-state index >= 15 is 0 Å². The fraction of sp³-hybridized carbons (Fsp3) is 0.500. The summed E-state index contributed by atoms with van der Waals surface area (Å²) in [6, 6.07) is 6.12. The van der Waals surface area contributed by atoms with E-state index in [9.17, 15) is 0 Å². The van der Waals surface area contributed by atoms with Crippen LogP contribution in [0.5, 0.6) is 0 Å². The summed E-state index contributed by atoms with van der Waals surface area (Å²) in [7, 11) is 0. The molecule has 4 heterocycles. The van der Waals surface area contributed by atoms with Crippen molar-refractivity contribution in [1.82, 2.24) is 19.8 Å². The molecule has 3 aromatic heterocycles. The van der Waals surface area contributed by atoms with Crippen LogP contribution < -0.4 is 4.90 Å². The van der Waals surface area contributed by atoms with Gasteiger partial charge in [0.1, 0.15) is 5.82 Å². The number of ether oxygens (including phenoxy) is 1. The van der Waals surface area contributed by atoms with Gasteiger partial charge in [0, 0.05) is 24.0 Å². The van der Waals surface area contributed by atoms with E-state index in [-0.39, 0.29) is 5.60 Å². The van der Waals surface area contributed by atoms with Crippen LogP contribution >= 0.6 is 11.3 Å². The number of hydrogen-bond acceptors (Lipinski definition) is 6. The van der Waals surface area contributed by atoms with Crippen molar-refractivity contribution in [3.8, 4) is 11.4 Å². The molecule has 2 aliphatic rings. The summed E-state index contributed by atoms with van der Waals surface area (Å²) in [6.07, 6.45) is 6.21. The second-order valence-corrected chi connectivity index (χ2v) is 7.79. The van der Waals surface area contributed by atoms with Crippen LogP contribution in [-0.4, -0.2) is 45.1 Å². The van der Waals surface area contributed by atoms with Gasteiger partial charge in [-0.1, -0.05) is 19.3 Å². The lowest BCUT2D eigenvalue weighted by Gasteiger charge is -2.45. The van der Waals surface area contributed by atoms with Crippen molar-refractivity contribution in [2.24, 2.45) is 0 Å². The molecule has 5 rings (SSSR count). The van der Waals surface area contributed by atoms with Gasteiger partial charge < -0.3 is 9.64 Å². The molecule has 0 bridgehead atoms. The average Bonchev–Trinajstić information content (AvgIpc) is 3.31. The Balaban J connectivity index is 1.49. The Morgan fingerprint density at radius 3 is 2.84 bits per heavy atom. The maximum atomic E-state index is 6.21. The van der Waals surface area contributed by atoms with Crippen LogP contribution in [0.3, 0.4) is 0 Å². The Hall–Kier alpha value is -1.99. The molecule has 0 unspecified atom stereocenters. The molecule has 0 N–H and O–H groups in total. The van der Waals surface area contributed by atoms with E-state index in [0.717, 1.165) is 42.5 Å². The molecular weight excluding hydrogens is 334 g/mol. The number of fused-ring (bicyclic) bond motifs is 1. The molecule has 1 spiro atoms. The normalized spacial score (nSPS) is 20.4. The Labute approximate surface area is 150 Å². The number of rotatable bonds is 2. The number of hydrogen-bond donors (Lipinski definition) is 0. The Bertz CT molecular complexity index is 863. The topological polar surface area (TPSA) is 55.5 Å². The predicted molar refractivity (Wildman–Crippen MR) is 98.1 cm³/mol. The largest absolute Gasteiger partial charge is 0.371 e. The van der Waals surface area contributed by atoms with Crippen molar-refractivity contribution in [2.75, 3.05) is 24.6 Å². The standard InChI is InChI=1S/C18H21N5OS/c1-2-7-18(8-3-1)13-22(9-10-24-18)16-5-4-15-19-20-17(23(15)21-16)14-6-11-25-12-14/h4-6,11-12H,1-3,7-10,13H2. The molecule has 2 fully saturated rings. The molecule has 130 valence electrons. The third-order valence-corrected chi connectivity index (χ3v) is 6.05. The monoisotopic (exact) mass is 355 g/mol. The molecule has 1 aliphatic carbocycles. The smallest absolute Gasteiger partial charge is 0.186 e.